The van der Waals surface area contributed by atoms with Crippen molar-refractivity contribution in [3.05, 3.63) is 23.8 Å². The highest BCUT2D eigenvalue weighted by Gasteiger charge is 2.47. The zero-order chi connectivity index (χ0) is 14.0. The van der Waals surface area contributed by atoms with E-state index in [0.29, 0.717) is 5.69 Å². The Kier molecular flexibility index (Phi) is 3.48. The van der Waals surface area contributed by atoms with Crippen LogP contribution in [-0.2, 0) is 9.53 Å². The molecule has 1 amide bonds. The lowest BCUT2D eigenvalue weighted by molar-refractivity contribution is -0.148. The Morgan fingerprint density at radius 2 is 2.21 bits per heavy atom. The number of aryl methyl sites for hydroxylation is 1. The van der Waals surface area contributed by atoms with Gasteiger partial charge in [-0.05, 0) is 13.8 Å². The number of nitrogens with one attached hydrogen (secondary N) is 1. The van der Waals surface area contributed by atoms with Crippen LogP contribution in [0.1, 0.15) is 23.1 Å². The van der Waals surface area contributed by atoms with Crippen LogP contribution in [0.5, 0.6) is 0 Å². The predicted octanol–water partition coefficient (Wildman–Crippen LogP) is 0.00452. The third kappa shape index (κ3) is 2.55. The van der Waals surface area contributed by atoms with Crippen molar-refractivity contribution in [1.82, 2.24) is 15.3 Å². The molecular weight excluding hydrogens is 250 g/mol. The summed E-state index contributed by atoms with van der Waals surface area (Å²) in [5, 5.41) is 11.8. The largest absolute Gasteiger partial charge is 0.481 e. The van der Waals surface area contributed by atoms with E-state index in [9.17, 15) is 14.7 Å². The van der Waals surface area contributed by atoms with Gasteiger partial charge >= 0.3 is 5.97 Å². The highest BCUT2D eigenvalue weighted by atomic mass is 16.5. The molecule has 1 aromatic rings. The number of carboxylic acids is 1. The molecule has 2 heterocycles. The lowest BCUT2D eigenvalue weighted by Gasteiger charge is -2.25. The number of hydrogen-bond acceptors (Lipinski definition) is 5. The molecule has 1 saturated heterocycles. The van der Waals surface area contributed by atoms with Gasteiger partial charge in [0.2, 0.25) is 0 Å². The second kappa shape index (κ2) is 4.93. The van der Waals surface area contributed by atoms with Crippen LogP contribution in [0, 0.1) is 12.3 Å². The maximum Gasteiger partial charge on any atom is 0.313 e. The average molecular weight is 265 g/mol. The van der Waals surface area contributed by atoms with E-state index in [4.69, 9.17) is 4.74 Å². The second-order valence-electron chi connectivity index (χ2n) is 4.81. The summed E-state index contributed by atoms with van der Waals surface area (Å²) in [5.74, 6) is -1.44. The van der Waals surface area contributed by atoms with Crippen molar-refractivity contribution in [3.63, 3.8) is 0 Å². The standard InChI is InChI=1S/C12H15N3O4/c1-7-3-14-8(4-13-7)10(16)15-9-5-19-6-12(9,2)11(17)18/h3-4,9H,5-6H2,1-2H3,(H,15,16)(H,17,18). The molecule has 0 saturated carbocycles. The zero-order valence-corrected chi connectivity index (χ0v) is 10.7. The first-order valence-electron chi connectivity index (χ1n) is 5.84. The van der Waals surface area contributed by atoms with Crippen molar-refractivity contribution < 1.29 is 19.4 Å². The molecular formula is C12H15N3O4. The summed E-state index contributed by atoms with van der Waals surface area (Å²) in [6, 6.07) is -0.583. The highest BCUT2D eigenvalue weighted by Crippen LogP contribution is 2.28. The van der Waals surface area contributed by atoms with Crippen molar-refractivity contribution in [2.45, 2.75) is 19.9 Å². The third-order valence-electron chi connectivity index (χ3n) is 3.26. The summed E-state index contributed by atoms with van der Waals surface area (Å²) in [7, 11) is 0. The van der Waals surface area contributed by atoms with Gasteiger partial charge in [0, 0.05) is 6.20 Å². The van der Waals surface area contributed by atoms with E-state index in [-0.39, 0.29) is 18.9 Å². The van der Waals surface area contributed by atoms with Crippen LogP contribution in [0.3, 0.4) is 0 Å². The molecule has 1 aromatic heterocycles. The van der Waals surface area contributed by atoms with Gasteiger partial charge in [-0.2, -0.15) is 0 Å². The Morgan fingerprint density at radius 1 is 1.47 bits per heavy atom. The molecule has 7 heteroatoms. The van der Waals surface area contributed by atoms with Gasteiger partial charge in [0.25, 0.3) is 5.91 Å². The molecule has 102 valence electrons. The Hall–Kier alpha value is -2.02. The van der Waals surface area contributed by atoms with E-state index < -0.39 is 23.3 Å². The summed E-state index contributed by atoms with van der Waals surface area (Å²) >= 11 is 0. The van der Waals surface area contributed by atoms with Crippen LogP contribution < -0.4 is 5.32 Å². The summed E-state index contributed by atoms with van der Waals surface area (Å²) in [4.78, 5) is 31.1. The van der Waals surface area contributed by atoms with E-state index in [2.05, 4.69) is 15.3 Å². The van der Waals surface area contributed by atoms with Crippen LogP contribution >= 0.6 is 0 Å². The number of nitrogens with zero attached hydrogens (tertiary/aromatic N) is 2. The first-order chi connectivity index (χ1) is 8.93. The van der Waals surface area contributed by atoms with E-state index in [0.717, 1.165) is 0 Å². The van der Waals surface area contributed by atoms with Crippen molar-refractivity contribution in [2.24, 2.45) is 5.41 Å². The first-order valence-corrected chi connectivity index (χ1v) is 5.84. The van der Waals surface area contributed by atoms with Gasteiger partial charge in [-0.25, -0.2) is 4.98 Å². The van der Waals surface area contributed by atoms with Gasteiger partial charge in [-0.3, -0.25) is 14.6 Å². The summed E-state index contributed by atoms with van der Waals surface area (Å²) in [5.41, 5.74) is -0.255. The van der Waals surface area contributed by atoms with Gasteiger partial charge in [0.15, 0.2) is 0 Å². The van der Waals surface area contributed by atoms with Crippen molar-refractivity contribution >= 4 is 11.9 Å². The van der Waals surface area contributed by atoms with Gasteiger partial charge in [-0.15, -0.1) is 0 Å². The van der Waals surface area contributed by atoms with Crippen LogP contribution in [0.15, 0.2) is 12.4 Å². The molecule has 0 aromatic carbocycles. The number of aliphatic carboxylic acids is 1. The number of carboxylic acid groups (broad SMARTS) is 1. The van der Waals surface area contributed by atoms with Crippen LogP contribution in [-0.4, -0.2) is 46.2 Å². The molecule has 7 nitrogen and oxygen atoms in total. The Balaban J connectivity index is 2.10. The number of ether oxygens (including phenoxy) is 1. The van der Waals surface area contributed by atoms with Crippen molar-refractivity contribution in [1.29, 1.82) is 0 Å². The van der Waals surface area contributed by atoms with Gasteiger partial charge in [0.1, 0.15) is 11.1 Å². The lowest BCUT2D eigenvalue weighted by Crippen LogP contribution is -2.49. The molecule has 1 fully saturated rings. The molecule has 2 N–H and O–H groups in total. The Bertz CT molecular complexity index is 502. The monoisotopic (exact) mass is 265 g/mol. The number of aromatic nitrogens is 2. The third-order valence-corrected chi connectivity index (χ3v) is 3.26. The molecule has 0 aliphatic carbocycles. The van der Waals surface area contributed by atoms with Crippen LogP contribution in [0.25, 0.3) is 0 Å². The van der Waals surface area contributed by atoms with Crippen LogP contribution in [0.4, 0.5) is 0 Å². The van der Waals surface area contributed by atoms with Crippen molar-refractivity contribution in [2.75, 3.05) is 13.2 Å². The molecule has 0 bridgehead atoms. The minimum absolute atomic E-state index is 0.0762. The van der Waals surface area contributed by atoms with Gasteiger partial charge in [-0.1, -0.05) is 0 Å². The maximum absolute atomic E-state index is 12.0. The maximum atomic E-state index is 12.0. The molecule has 2 unspecified atom stereocenters. The molecule has 0 spiro atoms. The topological polar surface area (TPSA) is 101 Å². The minimum Gasteiger partial charge on any atom is -0.481 e. The molecule has 2 atom stereocenters. The predicted molar refractivity (Wildman–Crippen MR) is 64.6 cm³/mol. The first kappa shape index (κ1) is 13.4. The molecule has 2 rings (SSSR count). The second-order valence-corrected chi connectivity index (χ2v) is 4.81. The fourth-order valence-electron chi connectivity index (χ4n) is 1.83. The summed E-state index contributed by atoms with van der Waals surface area (Å²) in [6.45, 7) is 3.57. The van der Waals surface area contributed by atoms with Crippen molar-refractivity contribution in [3.8, 4) is 0 Å². The summed E-state index contributed by atoms with van der Waals surface area (Å²) < 4.78 is 5.16. The van der Waals surface area contributed by atoms with Gasteiger partial charge in [0.05, 0.1) is 31.1 Å². The number of amides is 1. The Labute approximate surface area is 110 Å². The molecule has 1 aliphatic heterocycles. The summed E-state index contributed by atoms with van der Waals surface area (Å²) in [6.07, 6.45) is 2.84. The molecule has 1 aliphatic rings. The normalized spacial score (nSPS) is 26.1. The highest BCUT2D eigenvalue weighted by molar-refractivity contribution is 5.92. The number of carbonyl (C=O) groups excluding carboxylic acids is 1. The van der Waals surface area contributed by atoms with Crippen LogP contribution in [0.2, 0.25) is 0 Å². The number of hydrogen-bond donors (Lipinski definition) is 2. The van der Waals surface area contributed by atoms with E-state index in [1.54, 1.807) is 13.8 Å². The smallest absolute Gasteiger partial charge is 0.313 e. The zero-order valence-electron chi connectivity index (χ0n) is 10.7. The van der Waals surface area contributed by atoms with Gasteiger partial charge < -0.3 is 15.2 Å². The fraction of sp³-hybridized carbons (Fsp3) is 0.500. The number of carbonyl (C=O) groups is 2. The lowest BCUT2D eigenvalue weighted by atomic mass is 9.85. The number of rotatable bonds is 3. The average Bonchev–Trinajstić information content (AvgIpc) is 2.73. The van der Waals surface area contributed by atoms with E-state index in [1.165, 1.54) is 12.4 Å². The molecule has 19 heavy (non-hydrogen) atoms. The Morgan fingerprint density at radius 3 is 2.79 bits per heavy atom. The van der Waals surface area contributed by atoms with E-state index in [1.807, 2.05) is 0 Å². The van der Waals surface area contributed by atoms with E-state index >= 15 is 0 Å². The quantitative estimate of drug-likeness (QED) is 0.798. The SMILES string of the molecule is Cc1cnc(C(=O)NC2COCC2(C)C(=O)O)cn1. The molecule has 0 radical (unpaired) electrons. The minimum atomic E-state index is -1.12. The fourth-order valence-corrected chi connectivity index (χ4v) is 1.83.